The molecule has 17 heavy (non-hydrogen) atoms. The molecule has 0 saturated heterocycles. The van der Waals surface area contributed by atoms with E-state index in [0.717, 1.165) is 20.3 Å². The molecule has 3 nitrogen and oxygen atoms in total. The fourth-order valence-corrected chi connectivity index (χ4v) is 2.25. The Morgan fingerprint density at radius 3 is 3.24 bits per heavy atom. The molecule has 0 bridgehead atoms. The van der Waals surface area contributed by atoms with Crippen LogP contribution in [0.4, 0.5) is 4.39 Å². The number of nitrogens with one attached hydrogen (secondary N) is 1. The van der Waals surface area contributed by atoms with Crippen LogP contribution in [0.1, 0.15) is 12.0 Å². The zero-order valence-electron chi connectivity index (χ0n) is 9.40. The Hall–Kier alpha value is -0.960. The summed E-state index contributed by atoms with van der Waals surface area (Å²) in [5.41, 5.74) is 0.872. The molecule has 5 heteroatoms. The monoisotopic (exact) mass is 255 g/mol. The van der Waals surface area contributed by atoms with E-state index >= 15 is 0 Å². The van der Waals surface area contributed by atoms with Gasteiger partial charge in [-0.25, -0.2) is 4.39 Å². The van der Waals surface area contributed by atoms with Gasteiger partial charge in [0.15, 0.2) is 0 Å². The van der Waals surface area contributed by atoms with Crippen LogP contribution in [0, 0.1) is 5.82 Å². The van der Waals surface area contributed by atoms with Gasteiger partial charge in [-0.2, -0.15) is 0 Å². The Bertz CT molecular complexity index is 413. The molecule has 0 amide bonds. The van der Waals surface area contributed by atoms with Crippen LogP contribution in [-0.4, -0.2) is 30.2 Å². The minimum Gasteiger partial charge on any atom is -0.487 e. The highest BCUT2D eigenvalue weighted by molar-refractivity contribution is 7.34. The summed E-state index contributed by atoms with van der Waals surface area (Å²) in [6, 6.07) is 4.49. The third-order valence-corrected chi connectivity index (χ3v) is 3.25. The number of rotatable bonds is 4. The van der Waals surface area contributed by atoms with Gasteiger partial charge in [-0.1, -0.05) is 6.30 Å². The Labute approximate surface area is 101 Å². The van der Waals surface area contributed by atoms with Gasteiger partial charge in [0.25, 0.3) is 0 Å². The summed E-state index contributed by atoms with van der Waals surface area (Å²) in [6.07, 6.45) is 4.25. The van der Waals surface area contributed by atoms with E-state index in [1.54, 1.807) is 6.07 Å². The van der Waals surface area contributed by atoms with Gasteiger partial charge >= 0.3 is 0 Å². The first-order valence-corrected chi connectivity index (χ1v) is 6.60. The number of aliphatic hydroxyl groups excluding tert-OH is 1. The van der Waals surface area contributed by atoms with Crippen LogP contribution in [-0.2, 0) is 6.42 Å². The highest BCUT2D eigenvalue weighted by Gasteiger charge is 2.26. The summed E-state index contributed by atoms with van der Waals surface area (Å²) in [5, 5.41) is 12.8. The number of hydrogen-bond donors (Lipinski definition) is 2. The molecule has 1 aliphatic rings. The summed E-state index contributed by atoms with van der Waals surface area (Å²) in [6.45, 7) is 0.451. The summed E-state index contributed by atoms with van der Waals surface area (Å²) in [7, 11) is 0.789. The van der Waals surface area contributed by atoms with E-state index in [4.69, 9.17) is 4.74 Å². The smallest absolute Gasteiger partial charge is 0.126 e. The number of halogens is 1. The van der Waals surface area contributed by atoms with Crippen LogP contribution in [0.3, 0.4) is 0 Å². The van der Waals surface area contributed by atoms with Crippen molar-refractivity contribution in [1.29, 1.82) is 0 Å². The van der Waals surface area contributed by atoms with Gasteiger partial charge in [-0.05, 0) is 45.0 Å². The van der Waals surface area contributed by atoms with Gasteiger partial charge in [-0.3, -0.25) is 5.09 Å². The van der Waals surface area contributed by atoms with Crippen molar-refractivity contribution < 1.29 is 14.2 Å². The molecule has 2 N–H and O–H groups in total. The van der Waals surface area contributed by atoms with E-state index < -0.39 is 6.10 Å². The van der Waals surface area contributed by atoms with Gasteiger partial charge in [-0.15, -0.1) is 0 Å². The average Bonchev–Trinajstić information content (AvgIpc) is 2.35. The molecule has 0 aromatic heterocycles. The molecule has 1 heterocycles. The van der Waals surface area contributed by atoms with Gasteiger partial charge in [0, 0.05) is 6.54 Å². The lowest BCUT2D eigenvalue weighted by Crippen LogP contribution is -2.39. The lowest BCUT2D eigenvalue weighted by atomic mass is 9.99. The van der Waals surface area contributed by atoms with Crippen LogP contribution in [0.2, 0.25) is 0 Å². The standard InChI is InChI=1S/C12H15FNO2P/c1-17-14-7-10(15)12-4-2-8-6-9(13)3-5-11(8)16-12/h3,5-6,10,12,14-15H,1-2,4,7H2. The fourth-order valence-electron chi connectivity index (χ4n) is 1.94. The van der Waals surface area contributed by atoms with E-state index in [1.807, 2.05) is 0 Å². The maximum atomic E-state index is 13.0. The number of aryl methyl sites for hydroxylation is 1. The maximum absolute atomic E-state index is 13.0. The van der Waals surface area contributed by atoms with Crippen molar-refractivity contribution >= 4 is 14.7 Å². The normalized spacial score (nSPS) is 20.7. The average molecular weight is 255 g/mol. The second-order valence-electron chi connectivity index (χ2n) is 4.03. The van der Waals surface area contributed by atoms with E-state index in [0.29, 0.717) is 18.7 Å². The Morgan fingerprint density at radius 1 is 1.65 bits per heavy atom. The third kappa shape index (κ3) is 3.03. The van der Waals surface area contributed by atoms with Crippen molar-refractivity contribution in [2.75, 3.05) is 6.54 Å². The molecule has 0 fully saturated rings. The molecule has 1 aromatic rings. The molecule has 1 aromatic carbocycles. The van der Waals surface area contributed by atoms with Gasteiger partial charge < -0.3 is 9.84 Å². The molecule has 0 spiro atoms. The predicted molar refractivity (Wildman–Crippen MR) is 67.2 cm³/mol. The zero-order chi connectivity index (χ0) is 12.3. The zero-order valence-corrected chi connectivity index (χ0v) is 10.3. The van der Waals surface area contributed by atoms with Crippen LogP contribution in [0.5, 0.6) is 5.75 Å². The number of fused-ring (bicyclic) bond motifs is 1. The quantitative estimate of drug-likeness (QED) is 0.806. The van der Waals surface area contributed by atoms with Crippen LogP contribution >= 0.6 is 8.35 Å². The highest BCUT2D eigenvalue weighted by atomic mass is 31.1. The minimum absolute atomic E-state index is 0.234. The summed E-state index contributed by atoms with van der Waals surface area (Å²) < 4.78 is 18.7. The summed E-state index contributed by atoms with van der Waals surface area (Å²) in [5.74, 6) is 0.428. The van der Waals surface area contributed by atoms with E-state index in [2.05, 4.69) is 11.4 Å². The minimum atomic E-state index is -0.567. The van der Waals surface area contributed by atoms with Crippen molar-refractivity contribution in [3.05, 3.63) is 29.6 Å². The highest BCUT2D eigenvalue weighted by Crippen LogP contribution is 2.29. The molecule has 2 atom stereocenters. The van der Waals surface area contributed by atoms with Gasteiger partial charge in [0.05, 0.1) is 0 Å². The number of aliphatic hydroxyl groups is 1. The number of benzene rings is 1. The van der Waals surface area contributed by atoms with Crippen molar-refractivity contribution in [2.45, 2.75) is 25.0 Å². The SMILES string of the molecule is C=PNCC(O)C1CCc2cc(F)ccc2O1. The third-order valence-electron chi connectivity index (χ3n) is 2.84. The molecular weight excluding hydrogens is 240 g/mol. The van der Waals surface area contributed by atoms with E-state index in [1.165, 1.54) is 12.1 Å². The summed E-state index contributed by atoms with van der Waals surface area (Å²) >= 11 is 0. The second kappa shape index (κ2) is 5.58. The fraction of sp³-hybridized carbons (Fsp3) is 0.417. The van der Waals surface area contributed by atoms with E-state index in [-0.39, 0.29) is 11.9 Å². The Morgan fingerprint density at radius 2 is 2.47 bits per heavy atom. The van der Waals surface area contributed by atoms with Crippen molar-refractivity contribution in [3.8, 4) is 5.75 Å². The van der Waals surface area contributed by atoms with E-state index in [9.17, 15) is 9.50 Å². The Kier molecular flexibility index (Phi) is 4.11. The lowest BCUT2D eigenvalue weighted by molar-refractivity contribution is 0.0278. The molecule has 92 valence electrons. The molecule has 2 rings (SSSR count). The number of hydrogen-bond acceptors (Lipinski definition) is 3. The molecular formula is C12H15FNO2P. The van der Waals surface area contributed by atoms with Crippen LogP contribution in [0.15, 0.2) is 18.2 Å². The predicted octanol–water partition coefficient (Wildman–Crippen LogP) is 1.76. The largest absolute Gasteiger partial charge is 0.487 e. The maximum Gasteiger partial charge on any atom is 0.126 e. The van der Waals surface area contributed by atoms with Crippen molar-refractivity contribution in [1.82, 2.24) is 5.09 Å². The van der Waals surface area contributed by atoms with Crippen LogP contribution < -0.4 is 9.82 Å². The topological polar surface area (TPSA) is 41.5 Å². The lowest BCUT2D eigenvalue weighted by Gasteiger charge is -2.29. The molecule has 0 radical (unpaired) electrons. The Balaban J connectivity index is 2.03. The van der Waals surface area contributed by atoms with Crippen molar-refractivity contribution in [3.63, 3.8) is 0 Å². The molecule has 2 unspecified atom stereocenters. The van der Waals surface area contributed by atoms with Crippen molar-refractivity contribution in [2.24, 2.45) is 0 Å². The van der Waals surface area contributed by atoms with Crippen LogP contribution in [0.25, 0.3) is 0 Å². The van der Waals surface area contributed by atoms with Gasteiger partial charge in [0.1, 0.15) is 23.8 Å². The first kappa shape index (κ1) is 12.5. The van der Waals surface area contributed by atoms with Gasteiger partial charge in [0.2, 0.25) is 0 Å². The first-order valence-electron chi connectivity index (χ1n) is 5.52. The number of ether oxygens (including phenoxy) is 1. The second-order valence-corrected chi connectivity index (χ2v) is 4.67. The first-order chi connectivity index (χ1) is 8.20. The molecule has 1 aliphatic heterocycles. The molecule has 0 saturated carbocycles. The molecule has 0 aliphatic carbocycles. The summed E-state index contributed by atoms with van der Waals surface area (Å²) in [4.78, 5) is 0.